The summed E-state index contributed by atoms with van der Waals surface area (Å²) in [5.74, 6) is -0.226. The van der Waals surface area contributed by atoms with Gasteiger partial charge in [-0.2, -0.15) is 5.26 Å². The Labute approximate surface area is 107 Å². The second-order valence-electron chi connectivity index (χ2n) is 4.74. The van der Waals surface area contributed by atoms with Gasteiger partial charge in [-0.15, -0.1) is 0 Å². The van der Waals surface area contributed by atoms with Crippen LogP contribution in [0.2, 0.25) is 0 Å². The summed E-state index contributed by atoms with van der Waals surface area (Å²) in [5.41, 5.74) is 0.993. The zero-order chi connectivity index (χ0) is 13.0. The van der Waals surface area contributed by atoms with Crippen molar-refractivity contribution in [3.63, 3.8) is 0 Å². The molecule has 3 nitrogen and oxygen atoms in total. The summed E-state index contributed by atoms with van der Waals surface area (Å²) in [7, 11) is 0. The standard InChI is InChI=1S/C14H18FN3/c1-11-7-9-17-10-14(6-8-16)18(11)13-4-2-12(15)3-5-13/h2-5,11,14,17H,6-7,9-10H2,1H3. The Kier molecular flexibility index (Phi) is 4.16. The van der Waals surface area contributed by atoms with Gasteiger partial charge in [-0.3, -0.25) is 0 Å². The third-order valence-corrected chi connectivity index (χ3v) is 3.44. The fraction of sp³-hybridized carbons (Fsp3) is 0.500. The molecule has 2 atom stereocenters. The third-order valence-electron chi connectivity index (χ3n) is 3.44. The van der Waals surface area contributed by atoms with Crippen molar-refractivity contribution in [2.24, 2.45) is 0 Å². The summed E-state index contributed by atoms with van der Waals surface area (Å²) in [6.45, 7) is 3.91. The molecule has 0 amide bonds. The number of halogens is 1. The number of anilines is 1. The first-order valence-electron chi connectivity index (χ1n) is 6.34. The smallest absolute Gasteiger partial charge is 0.123 e. The van der Waals surface area contributed by atoms with E-state index >= 15 is 0 Å². The normalized spacial score (nSPS) is 24.4. The van der Waals surface area contributed by atoms with E-state index in [2.05, 4.69) is 23.2 Å². The molecule has 96 valence electrons. The van der Waals surface area contributed by atoms with E-state index in [1.165, 1.54) is 12.1 Å². The highest BCUT2D eigenvalue weighted by Gasteiger charge is 2.26. The maximum absolute atomic E-state index is 13.0. The maximum Gasteiger partial charge on any atom is 0.123 e. The summed E-state index contributed by atoms with van der Waals surface area (Å²) in [6, 6.07) is 9.28. The molecule has 0 saturated carbocycles. The van der Waals surface area contributed by atoms with Gasteiger partial charge in [-0.1, -0.05) is 0 Å². The van der Waals surface area contributed by atoms with E-state index in [4.69, 9.17) is 5.26 Å². The highest BCUT2D eigenvalue weighted by Crippen LogP contribution is 2.24. The molecule has 1 aromatic carbocycles. The van der Waals surface area contributed by atoms with Crippen molar-refractivity contribution < 1.29 is 4.39 Å². The molecule has 1 saturated heterocycles. The molecule has 0 aromatic heterocycles. The number of hydrogen-bond acceptors (Lipinski definition) is 3. The molecule has 1 N–H and O–H groups in total. The van der Waals surface area contributed by atoms with Crippen LogP contribution in [0, 0.1) is 17.1 Å². The van der Waals surface area contributed by atoms with E-state index in [9.17, 15) is 4.39 Å². The van der Waals surface area contributed by atoms with Crippen molar-refractivity contribution in [3.8, 4) is 6.07 Å². The first kappa shape index (κ1) is 12.8. The van der Waals surface area contributed by atoms with E-state index in [1.54, 1.807) is 12.1 Å². The highest BCUT2D eigenvalue weighted by atomic mass is 19.1. The van der Waals surface area contributed by atoms with Crippen LogP contribution >= 0.6 is 0 Å². The monoisotopic (exact) mass is 247 g/mol. The number of rotatable bonds is 2. The summed E-state index contributed by atoms with van der Waals surface area (Å²) in [6.07, 6.45) is 1.51. The Balaban J connectivity index is 2.28. The lowest BCUT2D eigenvalue weighted by atomic mass is 10.1. The minimum absolute atomic E-state index is 0.151. The number of nitriles is 1. The second-order valence-corrected chi connectivity index (χ2v) is 4.74. The van der Waals surface area contributed by atoms with Crippen molar-refractivity contribution in [1.29, 1.82) is 5.26 Å². The lowest BCUT2D eigenvalue weighted by Gasteiger charge is -2.35. The largest absolute Gasteiger partial charge is 0.363 e. The number of hydrogen-bond donors (Lipinski definition) is 1. The van der Waals surface area contributed by atoms with Crippen LogP contribution in [0.3, 0.4) is 0 Å². The predicted molar refractivity (Wildman–Crippen MR) is 69.8 cm³/mol. The molecular weight excluding hydrogens is 229 g/mol. The first-order valence-corrected chi connectivity index (χ1v) is 6.34. The molecule has 1 aliphatic heterocycles. The third kappa shape index (κ3) is 2.80. The molecule has 0 radical (unpaired) electrons. The van der Waals surface area contributed by atoms with Crippen LogP contribution in [-0.4, -0.2) is 25.2 Å². The van der Waals surface area contributed by atoms with Gasteiger partial charge in [0, 0.05) is 18.3 Å². The molecule has 0 bridgehead atoms. The quantitative estimate of drug-likeness (QED) is 0.871. The van der Waals surface area contributed by atoms with Crippen molar-refractivity contribution in [2.45, 2.75) is 31.8 Å². The van der Waals surface area contributed by atoms with Gasteiger partial charge < -0.3 is 10.2 Å². The molecule has 1 fully saturated rings. The van der Waals surface area contributed by atoms with Crippen LogP contribution in [0.25, 0.3) is 0 Å². The molecule has 4 heteroatoms. The highest BCUT2D eigenvalue weighted by molar-refractivity contribution is 5.49. The minimum atomic E-state index is -0.226. The summed E-state index contributed by atoms with van der Waals surface area (Å²) in [4.78, 5) is 2.24. The molecule has 0 spiro atoms. The van der Waals surface area contributed by atoms with Crippen LogP contribution in [0.1, 0.15) is 19.8 Å². The van der Waals surface area contributed by atoms with Crippen molar-refractivity contribution in [2.75, 3.05) is 18.0 Å². The average molecular weight is 247 g/mol. The van der Waals surface area contributed by atoms with Gasteiger partial charge >= 0.3 is 0 Å². The Hall–Kier alpha value is -1.60. The Morgan fingerprint density at radius 1 is 1.44 bits per heavy atom. The Morgan fingerprint density at radius 3 is 2.83 bits per heavy atom. The van der Waals surface area contributed by atoms with Crippen LogP contribution < -0.4 is 10.2 Å². The molecule has 1 heterocycles. The summed E-state index contributed by atoms with van der Waals surface area (Å²) in [5, 5.41) is 12.3. The van der Waals surface area contributed by atoms with E-state index in [-0.39, 0.29) is 11.9 Å². The zero-order valence-corrected chi connectivity index (χ0v) is 10.6. The number of nitrogens with one attached hydrogen (secondary N) is 1. The van der Waals surface area contributed by atoms with Gasteiger partial charge in [0.25, 0.3) is 0 Å². The Morgan fingerprint density at radius 2 is 2.17 bits per heavy atom. The van der Waals surface area contributed by atoms with Gasteiger partial charge in [0.1, 0.15) is 5.82 Å². The van der Waals surface area contributed by atoms with Gasteiger partial charge in [0.2, 0.25) is 0 Å². The van der Waals surface area contributed by atoms with E-state index < -0.39 is 0 Å². The molecule has 2 unspecified atom stereocenters. The van der Waals surface area contributed by atoms with E-state index in [0.717, 1.165) is 25.2 Å². The second kappa shape index (κ2) is 5.83. The van der Waals surface area contributed by atoms with E-state index in [1.807, 2.05) is 0 Å². The molecule has 18 heavy (non-hydrogen) atoms. The molecule has 2 rings (SSSR count). The average Bonchev–Trinajstić information content (AvgIpc) is 2.53. The first-order chi connectivity index (χ1) is 8.72. The van der Waals surface area contributed by atoms with Crippen molar-refractivity contribution >= 4 is 5.69 Å². The Bertz CT molecular complexity index is 424. The van der Waals surface area contributed by atoms with Gasteiger partial charge in [0.05, 0.1) is 18.5 Å². The van der Waals surface area contributed by atoms with Crippen LogP contribution in [0.15, 0.2) is 24.3 Å². The van der Waals surface area contributed by atoms with Crippen LogP contribution in [-0.2, 0) is 0 Å². The molecular formula is C14H18FN3. The van der Waals surface area contributed by atoms with Crippen LogP contribution in [0.5, 0.6) is 0 Å². The number of benzene rings is 1. The van der Waals surface area contributed by atoms with Crippen molar-refractivity contribution in [3.05, 3.63) is 30.1 Å². The molecule has 1 aromatic rings. The lowest BCUT2D eigenvalue weighted by Crippen LogP contribution is -2.43. The van der Waals surface area contributed by atoms with E-state index in [0.29, 0.717) is 12.5 Å². The fourth-order valence-electron chi connectivity index (χ4n) is 2.53. The van der Waals surface area contributed by atoms with Crippen LogP contribution in [0.4, 0.5) is 10.1 Å². The van der Waals surface area contributed by atoms with Gasteiger partial charge in [-0.25, -0.2) is 4.39 Å². The lowest BCUT2D eigenvalue weighted by molar-refractivity contribution is 0.550. The summed E-state index contributed by atoms with van der Waals surface area (Å²) >= 11 is 0. The fourth-order valence-corrected chi connectivity index (χ4v) is 2.53. The number of nitrogens with zero attached hydrogens (tertiary/aromatic N) is 2. The SMILES string of the molecule is CC1CCNCC(CC#N)N1c1ccc(F)cc1. The topological polar surface area (TPSA) is 39.1 Å². The molecule has 1 aliphatic rings. The van der Waals surface area contributed by atoms with Crippen molar-refractivity contribution in [1.82, 2.24) is 5.32 Å². The molecule has 0 aliphatic carbocycles. The maximum atomic E-state index is 13.0. The van der Waals surface area contributed by atoms with Gasteiger partial charge in [-0.05, 0) is 44.2 Å². The summed E-state index contributed by atoms with van der Waals surface area (Å²) < 4.78 is 13.0. The minimum Gasteiger partial charge on any atom is -0.363 e. The van der Waals surface area contributed by atoms with Gasteiger partial charge in [0.15, 0.2) is 0 Å². The predicted octanol–water partition coefficient (Wildman–Crippen LogP) is 2.30. The zero-order valence-electron chi connectivity index (χ0n) is 10.6.